The number of hydrogen-bond donors (Lipinski definition) is 1. The number of hydrogen-bond acceptors (Lipinski definition) is 7. The zero-order valence-corrected chi connectivity index (χ0v) is 17.5. The van der Waals surface area contributed by atoms with E-state index in [1.807, 2.05) is 13.8 Å². The Hall–Kier alpha value is -3.28. The van der Waals surface area contributed by atoms with Gasteiger partial charge in [0.25, 0.3) is 5.91 Å². The summed E-state index contributed by atoms with van der Waals surface area (Å²) >= 11 is 1.24. The van der Waals surface area contributed by atoms with Crippen molar-refractivity contribution < 1.29 is 27.5 Å². The minimum absolute atomic E-state index is 0.0254. The zero-order valence-electron chi connectivity index (χ0n) is 16.7. The second-order valence-electron chi connectivity index (χ2n) is 6.64. The van der Waals surface area contributed by atoms with Gasteiger partial charge in [-0.15, -0.1) is 10.2 Å². The van der Waals surface area contributed by atoms with Crippen molar-refractivity contribution in [1.29, 1.82) is 0 Å². The van der Waals surface area contributed by atoms with E-state index in [1.54, 1.807) is 0 Å². The fourth-order valence-electron chi connectivity index (χ4n) is 2.62. The lowest BCUT2D eigenvalue weighted by atomic mass is 10.2. The maximum Gasteiger partial charge on any atom is 0.434 e. The summed E-state index contributed by atoms with van der Waals surface area (Å²) in [5.41, 5.74) is -1.71. The van der Waals surface area contributed by atoms with Gasteiger partial charge in [-0.05, 0) is 31.2 Å². The lowest BCUT2D eigenvalue weighted by Crippen LogP contribution is -2.18. The quantitative estimate of drug-likeness (QED) is 0.559. The zero-order chi connectivity index (χ0) is 22.8. The highest BCUT2D eigenvalue weighted by molar-refractivity contribution is 7.15. The number of nitrogens with one attached hydrogen (secondary N) is 1. The molecule has 12 heteroatoms. The first-order valence-electron chi connectivity index (χ1n) is 9.19. The van der Waals surface area contributed by atoms with Crippen molar-refractivity contribution >= 4 is 28.3 Å². The number of esters is 1. The predicted octanol–water partition coefficient (Wildman–Crippen LogP) is 4.30. The lowest BCUT2D eigenvalue weighted by Gasteiger charge is -2.12. The Morgan fingerprint density at radius 3 is 2.42 bits per heavy atom. The Labute approximate surface area is 179 Å². The van der Waals surface area contributed by atoms with Gasteiger partial charge in [0.1, 0.15) is 10.6 Å². The summed E-state index contributed by atoms with van der Waals surface area (Å²) in [4.78, 5) is 24.3. The summed E-state index contributed by atoms with van der Waals surface area (Å²) in [7, 11) is 0. The molecule has 1 aromatic carbocycles. The average Bonchev–Trinajstić information content (AvgIpc) is 3.35. The molecule has 0 fully saturated rings. The van der Waals surface area contributed by atoms with E-state index in [9.17, 15) is 22.8 Å². The van der Waals surface area contributed by atoms with Crippen LogP contribution in [0.5, 0.6) is 0 Å². The highest BCUT2D eigenvalue weighted by Crippen LogP contribution is 2.34. The first-order valence-corrected chi connectivity index (χ1v) is 10.0. The highest BCUT2D eigenvalue weighted by Gasteiger charge is 2.41. The second-order valence-corrected chi connectivity index (χ2v) is 7.65. The minimum atomic E-state index is -4.85. The molecule has 0 saturated heterocycles. The van der Waals surface area contributed by atoms with Crippen LogP contribution in [0, 0.1) is 0 Å². The molecule has 0 saturated carbocycles. The van der Waals surface area contributed by atoms with Crippen molar-refractivity contribution in [3.05, 3.63) is 52.3 Å². The van der Waals surface area contributed by atoms with Gasteiger partial charge in [-0.3, -0.25) is 10.1 Å². The molecule has 2 aromatic heterocycles. The maximum absolute atomic E-state index is 13.6. The molecule has 3 aromatic rings. The summed E-state index contributed by atoms with van der Waals surface area (Å²) in [6, 6.07) is 5.29. The van der Waals surface area contributed by atoms with Gasteiger partial charge in [-0.2, -0.15) is 18.3 Å². The molecular weight excluding hydrogens is 435 g/mol. The fraction of sp³-hybridized carbons (Fsp3) is 0.316. The lowest BCUT2D eigenvalue weighted by molar-refractivity contribution is -0.143. The Morgan fingerprint density at radius 2 is 1.87 bits per heavy atom. The number of alkyl halides is 3. The van der Waals surface area contributed by atoms with Gasteiger partial charge in [-0.25, -0.2) is 9.48 Å². The SMILES string of the molecule is CCOC(=O)c1cnn(-c2ccc(C(=O)Nc3nnc(C(C)C)s3)cc2)c1C(F)(F)F. The van der Waals surface area contributed by atoms with Gasteiger partial charge in [0, 0.05) is 11.5 Å². The molecule has 0 aliphatic rings. The highest BCUT2D eigenvalue weighted by atomic mass is 32.1. The van der Waals surface area contributed by atoms with Gasteiger partial charge in [-0.1, -0.05) is 25.2 Å². The molecule has 0 bridgehead atoms. The van der Waals surface area contributed by atoms with Gasteiger partial charge in [0.05, 0.1) is 18.5 Å². The summed E-state index contributed by atoms with van der Waals surface area (Å²) < 4.78 is 46.0. The van der Waals surface area contributed by atoms with Crippen molar-refractivity contribution in [1.82, 2.24) is 20.0 Å². The van der Waals surface area contributed by atoms with E-state index >= 15 is 0 Å². The van der Waals surface area contributed by atoms with Crippen LogP contribution in [0.2, 0.25) is 0 Å². The molecule has 1 amide bonds. The van der Waals surface area contributed by atoms with Crippen molar-refractivity contribution in [2.24, 2.45) is 0 Å². The van der Waals surface area contributed by atoms with E-state index in [0.29, 0.717) is 9.81 Å². The first-order chi connectivity index (χ1) is 14.6. The summed E-state index contributed by atoms with van der Waals surface area (Å²) in [5, 5.41) is 15.3. The van der Waals surface area contributed by atoms with Crippen molar-refractivity contribution in [2.75, 3.05) is 11.9 Å². The number of anilines is 1. The van der Waals surface area contributed by atoms with E-state index in [1.165, 1.54) is 42.5 Å². The molecule has 164 valence electrons. The molecule has 0 unspecified atom stereocenters. The van der Waals surface area contributed by atoms with Crippen LogP contribution in [0.4, 0.5) is 18.3 Å². The van der Waals surface area contributed by atoms with Crippen molar-refractivity contribution in [3.8, 4) is 5.69 Å². The molecule has 3 rings (SSSR count). The number of rotatable bonds is 6. The Balaban J connectivity index is 1.85. The molecular formula is C19H18F3N5O3S. The number of benzene rings is 1. The molecule has 0 aliphatic heterocycles. The summed E-state index contributed by atoms with van der Waals surface area (Å²) in [6.07, 6.45) is -4.04. The van der Waals surface area contributed by atoms with Crippen LogP contribution in [0.15, 0.2) is 30.5 Å². The fourth-order valence-corrected chi connectivity index (χ4v) is 3.36. The number of nitrogens with zero attached hydrogens (tertiary/aromatic N) is 4. The van der Waals surface area contributed by atoms with Gasteiger partial charge >= 0.3 is 12.1 Å². The van der Waals surface area contributed by atoms with Crippen molar-refractivity contribution in [2.45, 2.75) is 32.9 Å². The van der Waals surface area contributed by atoms with E-state index in [-0.39, 0.29) is 23.8 Å². The third-order valence-electron chi connectivity index (χ3n) is 4.06. The van der Waals surface area contributed by atoms with Crippen LogP contribution in [0.25, 0.3) is 5.69 Å². The van der Waals surface area contributed by atoms with Crippen molar-refractivity contribution in [3.63, 3.8) is 0 Å². The Bertz CT molecular complexity index is 1090. The maximum atomic E-state index is 13.6. The second kappa shape index (κ2) is 8.84. The Kier molecular flexibility index (Phi) is 6.39. The monoisotopic (exact) mass is 453 g/mol. The number of ether oxygens (including phenoxy) is 1. The van der Waals surface area contributed by atoms with Crippen LogP contribution in [-0.2, 0) is 10.9 Å². The first kappa shape index (κ1) is 22.4. The molecule has 1 N–H and O–H groups in total. The van der Waals surface area contributed by atoms with Gasteiger partial charge in [0.15, 0.2) is 5.69 Å². The predicted molar refractivity (Wildman–Crippen MR) is 106 cm³/mol. The van der Waals surface area contributed by atoms with E-state index < -0.39 is 29.3 Å². The smallest absolute Gasteiger partial charge is 0.434 e. The third-order valence-corrected chi connectivity index (χ3v) is 5.20. The Morgan fingerprint density at radius 1 is 1.19 bits per heavy atom. The van der Waals surface area contributed by atoms with E-state index in [0.717, 1.165) is 11.2 Å². The minimum Gasteiger partial charge on any atom is -0.462 e. The van der Waals surface area contributed by atoms with E-state index in [2.05, 4.69) is 25.3 Å². The van der Waals surface area contributed by atoms with Crippen LogP contribution >= 0.6 is 11.3 Å². The molecule has 0 atom stereocenters. The average molecular weight is 453 g/mol. The van der Waals surface area contributed by atoms with Crippen LogP contribution in [0.3, 0.4) is 0 Å². The standard InChI is InChI=1S/C19H18F3N5O3S/c1-4-30-17(29)13-9-23-27(14(13)19(20,21)22)12-7-5-11(6-8-12)15(28)24-18-26-25-16(31-18)10(2)3/h5-10H,4H2,1-3H3,(H,24,26,28). The molecule has 0 spiro atoms. The van der Waals surface area contributed by atoms with Crippen LogP contribution in [0.1, 0.15) is 58.1 Å². The molecule has 0 aliphatic carbocycles. The number of carbonyl (C=O) groups is 2. The summed E-state index contributed by atoms with van der Waals surface area (Å²) in [5.74, 6) is -1.43. The third kappa shape index (κ3) is 4.90. The summed E-state index contributed by atoms with van der Waals surface area (Å²) in [6.45, 7) is 5.31. The molecule has 2 heterocycles. The topological polar surface area (TPSA) is 99.0 Å². The number of aromatic nitrogens is 4. The largest absolute Gasteiger partial charge is 0.462 e. The van der Waals surface area contributed by atoms with E-state index in [4.69, 9.17) is 0 Å². The number of carbonyl (C=O) groups excluding carboxylic acids is 2. The molecule has 31 heavy (non-hydrogen) atoms. The molecule has 8 nitrogen and oxygen atoms in total. The number of halogens is 3. The van der Waals surface area contributed by atoms with Crippen LogP contribution < -0.4 is 5.32 Å². The normalized spacial score (nSPS) is 11.6. The number of amides is 1. The van der Waals surface area contributed by atoms with Gasteiger partial charge < -0.3 is 4.74 Å². The van der Waals surface area contributed by atoms with Gasteiger partial charge in [0.2, 0.25) is 5.13 Å². The molecule has 0 radical (unpaired) electrons. The van der Waals surface area contributed by atoms with Crippen LogP contribution in [-0.4, -0.2) is 38.5 Å².